The number of carbonyl (C=O) groups is 2. The van der Waals surface area contributed by atoms with Crippen molar-refractivity contribution in [3.63, 3.8) is 0 Å². The van der Waals surface area contributed by atoms with Crippen molar-refractivity contribution in [1.29, 1.82) is 0 Å². The highest BCUT2D eigenvalue weighted by atomic mass is 35.5. The smallest absolute Gasteiger partial charge is 0.227 e. The number of hydrogen-bond donors (Lipinski definition) is 1. The summed E-state index contributed by atoms with van der Waals surface area (Å²) in [5.74, 6) is 0.820. The maximum absolute atomic E-state index is 13.4. The number of aliphatic hydroxyl groups is 1. The summed E-state index contributed by atoms with van der Waals surface area (Å²) in [5.41, 5.74) is 2.30. The van der Waals surface area contributed by atoms with Gasteiger partial charge >= 0.3 is 0 Å². The van der Waals surface area contributed by atoms with Crippen LogP contribution in [0.3, 0.4) is 0 Å². The highest BCUT2D eigenvalue weighted by Gasteiger charge is 2.41. The average Bonchev–Trinajstić information content (AvgIpc) is 2.88. The lowest BCUT2D eigenvalue weighted by Gasteiger charge is -2.43. The summed E-state index contributed by atoms with van der Waals surface area (Å²) in [6, 6.07) is 11.2. The number of benzene rings is 2. The van der Waals surface area contributed by atoms with Crippen LogP contribution in [-0.4, -0.2) is 65.6 Å². The molecule has 4 rings (SSSR count). The van der Waals surface area contributed by atoms with E-state index in [9.17, 15) is 14.7 Å². The van der Waals surface area contributed by atoms with Crippen molar-refractivity contribution in [1.82, 2.24) is 9.80 Å². The molecule has 37 heavy (non-hydrogen) atoms. The maximum Gasteiger partial charge on any atom is 0.227 e. The predicted molar refractivity (Wildman–Crippen MR) is 146 cm³/mol. The van der Waals surface area contributed by atoms with Gasteiger partial charge in [-0.3, -0.25) is 9.59 Å². The van der Waals surface area contributed by atoms with Gasteiger partial charge in [-0.05, 0) is 80.5 Å². The monoisotopic (exact) mass is 546 g/mol. The Balaban J connectivity index is 1.51. The molecule has 2 saturated heterocycles. The first-order valence-corrected chi connectivity index (χ1v) is 13.8. The minimum atomic E-state index is -0.498. The summed E-state index contributed by atoms with van der Waals surface area (Å²) < 4.78 is 6.31. The van der Waals surface area contributed by atoms with Gasteiger partial charge in [0.05, 0.1) is 19.1 Å². The molecule has 200 valence electrons. The van der Waals surface area contributed by atoms with Crippen LogP contribution >= 0.6 is 23.2 Å². The third-order valence-electron chi connectivity index (χ3n) is 7.58. The number of rotatable bonds is 7. The Bertz CT molecular complexity index is 1090. The van der Waals surface area contributed by atoms with Crippen LogP contribution < -0.4 is 4.74 Å². The molecule has 2 fully saturated rings. The van der Waals surface area contributed by atoms with Gasteiger partial charge in [-0.1, -0.05) is 35.3 Å². The van der Waals surface area contributed by atoms with E-state index in [0.29, 0.717) is 63.5 Å². The molecule has 2 amide bonds. The summed E-state index contributed by atoms with van der Waals surface area (Å²) in [7, 11) is 0. The van der Waals surface area contributed by atoms with Gasteiger partial charge in [0.15, 0.2) is 0 Å². The molecule has 2 aromatic rings. The zero-order chi connectivity index (χ0) is 26.6. The number of piperidine rings is 2. The van der Waals surface area contributed by atoms with Gasteiger partial charge in [0.25, 0.3) is 0 Å². The molecule has 0 aromatic heterocycles. The highest BCUT2D eigenvalue weighted by Crippen LogP contribution is 2.37. The van der Waals surface area contributed by atoms with Crippen LogP contribution in [0, 0.1) is 19.3 Å². The van der Waals surface area contributed by atoms with E-state index in [4.69, 9.17) is 27.9 Å². The van der Waals surface area contributed by atoms with Crippen molar-refractivity contribution < 1.29 is 19.4 Å². The second kappa shape index (κ2) is 12.1. The van der Waals surface area contributed by atoms with Crippen LogP contribution in [0.4, 0.5) is 0 Å². The number of nitrogens with zero attached hydrogens (tertiary/aromatic N) is 2. The first-order chi connectivity index (χ1) is 17.6. The van der Waals surface area contributed by atoms with Crippen LogP contribution in [0.1, 0.15) is 48.8 Å². The van der Waals surface area contributed by atoms with Crippen molar-refractivity contribution in [3.05, 3.63) is 63.1 Å². The molecule has 1 atom stereocenters. The first-order valence-electron chi connectivity index (χ1n) is 13.0. The summed E-state index contributed by atoms with van der Waals surface area (Å²) >= 11 is 12.3. The fourth-order valence-corrected chi connectivity index (χ4v) is 5.63. The Labute approximate surface area is 229 Å². The lowest BCUT2D eigenvalue weighted by Crippen LogP contribution is -2.52. The molecule has 6 nitrogen and oxygen atoms in total. The normalized spacial score (nSPS) is 20.7. The Morgan fingerprint density at radius 2 is 1.65 bits per heavy atom. The van der Waals surface area contributed by atoms with Crippen LogP contribution in [0.25, 0.3) is 0 Å². The van der Waals surface area contributed by atoms with E-state index in [2.05, 4.69) is 0 Å². The molecule has 1 unspecified atom stereocenters. The number of aliphatic hydroxyl groups excluding tert-OH is 1. The van der Waals surface area contributed by atoms with Crippen LogP contribution in [0.2, 0.25) is 10.0 Å². The molecule has 0 radical (unpaired) electrons. The Hall–Kier alpha value is -2.28. The van der Waals surface area contributed by atoms with E-state index >= 15 is 0 Å². The number of aryl methyl sites for hydroxylation is 2. The van der Waals surface area contributed by atoms with Gasteiger partial charge in [0, 0.05) is 48.1 Å². The van der Waals surface area contributed by atoms with Crippen LogP contribution in [-0.2, 0) is 16.0 Å². The first kappa shape index (κ1) is 27.7. The summed E-state index contributed by atoms with van der Waals surface area (Å²) in [4.78, 5) is 30.4. The zero-order valence-electron chi connectivity index (χ0n) is 21.6. The van der Waals surface area contributed by atoms with E-state index in [1.165, 1.54) is 0 Å². The Morgan fingerprint density at radius 3 is 2.30 bits per heavy atom. The minimum absolute atomic E-state index is 0.0399. The molecule has 0 bridgehead atoms. The number of likely N-dealkylation sites (tertiary alicyclic amines) is 2. The molecule has 0 saturated carbocycles. The number of halogens is 2. The standard InChI is InChI=1S/C29H36Cl2N2O4/c1-20-14-25(15-21(2)28(20)31)37-19-29(17-27(36)32-12-8-24(34)9-13-32)10-3-11-33(18-29)26(35)16-22-4-6-23(30)7-5-22/h4-7,14-15,24,34H,3,8-13,16-19H2,1-2H3. The second-order valence-electron chi connectivity index (χ2n) is 10.7. The second-order valence-corrected chi connectivity index (χ2v) is 11.5. The van der Waals surface area contributed by atoms with Crippen molar-refractivity contribution in [2.45, 2.75) is 58.5 Å². The molecule has 2 aliphatic rings. The molecular weight excluding hydrogens is 511 g/mol. The van der Waals surface area contributed by atoms with E-state index in [-0.39, 0.29) is 17.9 Å². The number of hydrogen-bond acceptors (Lipinski definition) is 4. The molecule has 8 heteroatoms. The van der Waals surface area contributed by atoms with E-state index < -0.39 is 5.41 Å². The fraction of sp³-hybridized carbons (Fsp3) is 0.517. The van der Waals surface area contributed by atoms with Crippen molar-refractivity contribution in [2.75, 3.05) is 32.8 Å². The van der Waals surface area contributed by atoms with Gasteiger partial charge in [0.1, 0.15) is 5.75 Å². The third-order valence-corrected chi connectivity index (χ3v) is 8.43. The number of amides is 2. The van der Waals surface area contributed by atoms with E-state index in [1.807, 2.05) is 47.9 Å². The van der Waals surface area contributed by atoms with Crippen molar-refractivity contribution >= 4 is 35.0 Å². The van der Waals surface area contributed by atoms with Gasteiger partial charge in [-0.2, -0.15) is 0 Å². The zero-order valence-corrected chi connectivity index (χ0v) is 23.2. The quantitative estimate of drug-likeness (QED) is 0.517. The fourth-order valence-electron chi connectivity index (χ4n) is 5.40. The van der Waals surface area contributed by atoms with Crippen molar-refractivity contribution in [3.8, 4) is 5.75 Å². The third kappa shape index (κ3) is 7.18. The van der Waals surface area contributed by atoms with Crippen LogP contribution in [0.5, 0.6) is 5.75 Å². The average molecular weight is 548 g/mol. The largest absolute Gasteiger partial charge is 0.493 e. The summed E-state index contributed by atoms with van der Waals surface area (Å²) in [6.45, 7) is 6.48. The van der Waals surface area contributed by atoms with Gasteiger partial charge in [-0.15, -0.1) is 0 Å². The Morgan fingerprint density at radius 1 is 1.00 bits per heavy atom. The summed E-state index contributed by atoms with van der Waals surface area (Å²) in [6.07, 6.45) is 3.06. The molecular formula is C29H36Cl2N2O4. The summed E-state index contributed by atoms with van der Waals surface area (Å²) in [5, 5.41) is 11.2. The SMILES string of the molecule is Cc1cc(OCC2(CC(=O)N3CCC(O)CC3)CCCN(C(=O)Cc3ccc(Cl)cc3)C2)cc(C)c1Cl. The topological polar surface area (TPSA) is 70.1 Å². The maximum atomic E-state index is 13.4. The lowest BCUT2D eigenvalue weighted by atomic mass is 9.77. The molecule has 1 N–H and O–H groups in total. The number of carbonyl (C=O) groups excluding carboxylic acids is 2. The highest BCUT2D eigenvalue weighted by molar-refractivity contribution is 6.32. The van der Waals surface area contributed by atoms with Crippen LogP contribution in [0.15, 0.2) is 36.4 Å². The molecule has 2 aromatic carbocycles. The minimum Gasteiger partial charge on any atom is -0.493 e. The number of ether oxygens (including phenoxy) is 1. The lowest BCUT2D eigenvalue weighted by molar-refractivity contribution is -0.142. The predicted octanol–water partition coefficient (Wildman–Crippen LogP) is 5.21. The molecule has 0 aliphatic carbocycles. The molecule has 2 heterocycles. The van der Waals surface area contributed by atoms with Gasteiger partial charge < -0.3 is 19.6 Å². The van der Waals surface area contributed by atoms with Gasteiger partial charge in [-0.25, -0.2) is 0 Å². The van der Waals surface area contributed by atoms with Gasteiger partial charge in [0.2, 0.25) is 11.8 Å². The van der Waals surface area contributed by atoms with E-state index in [0.717, 1.165) is 40.3 Å². The van der Waals surface area contributed by atoms with Crippen molar-refractivity contribution in [2.24, 2.45) is 5.41 Å². The molecule has 2 aliphatic heterocycles. The molecule has 0 spiro atoms. The van der Waals surface area contributed by atoms with E-state index in [1.54, 1.807) is 12.1 Å². The Kier molecular flexibility index (Phi) is 9.04.